The van der Waals surface area contributed by atoms with Crippen LogP contribution in [0.25, 0.3) is 11.0 Å². The van der Waals surface area contributed by atoms with Crippen molar-refractivity contribution in [1.82, 2.24) is 9.97 Å². The van der Waals surface area contributed by atoms with E-state index in [-0.39, 0.29) is 0 Å². The van der Waals surface area contributed by atoms with E-state index in [0.717, 1.165) is 5.39 Å². The van der Waals surface area contributed by atoms with Crippen molar-refractivity contribution in [3.8, 4) is 0 Å². The first kappa shape index (κ1) is 10.6. The Morgan fingerprint density at radius 1 is 1.50 bits per heavy atom. The Morgan fingerprint density at radius 3 is 2.94 bits per heavy atom. The maximum atomic E-state index is 10.7. The molecule has 0 spiro atoms. The summed E-state index contributed by atoms with van der Waals surface area (Å²) in [4.78, 5) is 17.6. The summed E-state index contributed by atoms with van der Waals surface area (Å²) in [5.41, 5.74) is 5.91. The summed E-state index contributed by atoms with van der Waals surface area (Å²) in [5.74, 6) is -0.971. The van der Waals surface area contributed by atoms with Gasteiger partial charge in [-0.05, 0) is 12.1 Å². The van der Waals surface area contributed by atoms with Crippen LogP contribution in [0.1, 0.15) is 11.7 Å². The molecule has 0 aromatic carbocycles. The molecule has 2 unspecified atom stereocenters. The van der Waals surface area contributed by atoms with Gasteiger partial charge in [0.1, 0.15) is 11.8 Å². The van der Waals surface area contributed by atoms with E-state index in [9.17, 15) is 15.0 Å². The molecule has 2 rings (SSSR count). The quantitative estimate of drug-likeness (QED) is 0.556. The van der Waals surface area contributed by atoms with Gasteiger partial charge in [0.2, 0.25) is 5.91 Å². The number of nitrogens with one attached hydrogen (secondary N) is 1. The fourth-order valence-corrected chi connectivity index (χ4v) is 1.46. The summed E-state index contributed by atoms with van der Waals surface area (Å²) in [6.07, 6.45) is 0.107. The molecular weight excluding hydrogens is 210 g/mol. The van der Waals surface area contributed by atoms with Crippen molar-refractivity contribution in [2.75, 3.05) is 0 Å². The number of carbonyl (C=O) groups excluding carboxylic acids is 1. The van der Waals surface area contributed by atoms with Crippen LogP contribution in [0, 0.1) is 0 Å². The molecule has 2 atom stereocenters. The maximum Gasteiger partial charge on any atom is 0.249 e. The van der Waals surface area contributed by atoms with E-state index < -0.39 is 18.1 Å². The lowest BCUT2D eigenvalue weighted by molar-refractivity contribution is -0.131. The lowest BCUT2D eigenvalue weighted by Gasteiger charge is -2.14. The van der Waals surface area contributed by atoms with Crippen molar-refractivity contribution in [1.29, 1.82) is 0 Å². The second-order valence-corrected chi connectivity index (χ2v) is 3.48. The van der Waals surface area contributed by atoms with Crippen molar-refractivity contribution in [2.24, 2.45) is 5.73 Å². The van der Waals surface area contributed by atoms with E-state index >= 15 is 0 Å². The van der Waals surface area contributed by atoms with Crippen LogP contribution in [0.5, 0.6) is 0 Å². The molecule has 2 aromatic heterocycles. The minimum Gasteiger partial charge on any atom is -0.385 e. The van der Waals surface area contributed by atoms with Crippen LogP contribution in [-0.4, -0.2) is 32.2 Å². The number of aromatic amines is 1. The van der Waals surface area contributed by atoms with Crippen LogP contribution in [0.3, 0.4) is 0 Å². The van der Waals surface area contributed by atoms with Gasteiger partial charge in [-0.2, -0.15) is 0 Å². The third kappa shape index (κ3) is 1.75. The number of amides is 1. The summed E-state index contributed by atoms with van der Waals surface area (Å²) in [5, 5.41) is 19.8. The molecule has 2 heterocycles. The van der Waals surface area contributed by atoms with Crippen molar-refractivity contribution < 1.29 is 15.0 Å². The summed E-state index contributed by atoms with van der Waals surface area (Å²) in [6, 6.07) is 3.41. The normalized spacial score (nSPS) is 14.9. The highest BCUT2D eigenvalue weighted by atomic mass is 16.3. The minimum atomic E-state index is -1.63. The van der Waals surface area contributed by atoms with Gasteiger partial charge in [-0.3, -0.25) is 4.79 Å². The van der Waals surface area contributed by atoms with Gasteiger partial charge in [0.25, 0.3) is 0 Å². The number of hydrogen-bond acceptors (Lipinski definition) is 4. The number of aromatic nitrogens is 2. The van der Waals surface area contributed by atoms with E-state index in [2.05, 4.69) is 9.97 Å². The maximum absolute atomic E-state index is 10.7. The van der Waals surface area contributed by atoms with Gasteiger partial charge in [-0.25, -0.2) is 4.98 Å². The van der Waals surface area contributed by atoms with Crippen LogP contribution in [0.2, 0.25) is 0 Å². The van der Waals surface area contributed by atoms with Gasteiger partial charge in [0.15, 0.2) is 6.10 Å². The van der Waals surface area contributed by atoms with Crippen molar-refractivity contribution >= 4 is 16.9 Å². The van der Waals surface area contributed by atoms with E-state index in [1.165, 1.54) is 6.20 Å². The monoisotopic (exact) mass is 221 g/mol. The van der Waals surface area contributed by atoms with Crippen LogP contribution < -0.4 is 5.73 Å². The molecule has 0 bridgehead atoms. The molecule has 0 fully saturated rings. The molecule has 0 aliphatic carbocycles. The van der Waals surface area contributed by atoms with Crippen LogP contribution in [0.4, 0.5) is 0 Å². The van der Waals surface area contributed by atoms with Crippen LogP contribution >= 0.6 is 0 Å². The Morgan fingerprint density at radius 2 is 2.25 bits per heavy atom. The first-order chi connectivity index (χ1) is 7.59. The Kier molecular flexibility index (Phi) is 2.59. The third-order valence-corrected chi connectivity index (χ3v) is 2.35. The van der Waals surface area contributed by atoms with Gasteiger partial charge < -0.3 is 20.9 Å². The zero-order valence-corrected chi connectivity index (χ0v) is 8.29. The fourth-order valence-electron chi connectivity index (χ4n) is 1.46. The van der Waals surface area contributed by atoms with E-state index in [1.807, 2.05) is 0 Å². The summed E-state index contributed by atoms with van der Waals surface area (Å²) < 4.78 is 0. The lowest BCUT2D eigenvalue weighted by Crippen LogP contribution is -2.33. The highest BCUT2D eigenvalue weighted by molar-refractivity contribution is 5.80. The zero-order valence-electron chi connectivity index (χ0n) is 8.29. The van der Waals surface area contributed by atoms with Gasteiger partial charge in [0.05, 0.1) is 0 Å². The SMILES string of the molecule is NC(=O)C(O)C(O)c1cnc2[nH]ccc2c1. The number of hydrogen-bond donors (Lipinski definition) is 4. The van der Waals surface area contributed by atoms with Gasteiger partial charge in [-0.1, -0.05) is 0 Å². The van der Waals surface area contributed by atoms with Gasteiger partial charge in [0, 0.05) is 23.3 Å². The number of fused-ring (bicyclic) bond motifs is 1. The number of carbonyl (C=O) groups is 1. The molecule has 0 aliphatic rings. The van der Waals surface area contributed by atoms with E-state index in [0.29, 0.717) is 11.2 Å². The molecule has 16 heavy (non-hydrogen) atoms. The number of H-pyrrole nitrogens is 1. The molecule has 0 saturated heterocycles. The highest BCUT2D eigenvalue weighted by Gasteiger charge is 2.23. The van der Waals surface area contributed by atoms with Crippen LogP contribution in [0.15, 0.2) is 24.5 Å². The van der Waals surface area contributed by atoms with E-state index in [4.69, 9.17) is 5.73 Å². The number of rotatable bonds is 3. The Hall–Kier alpha value is -1.92. The Balaban J connectivity index is 2.35. The molecular formula is C10H11N3O3. The fraction of sp³-hybridized carbons (Fsp3) is 0.200. The van der Waals surface area contributed by atoms with Gasteiger partial charge in [-0.15, -0.1) is 0 Å². The molecule has 0 saturated carbocycles. The largest absolute Gasteiger partial charge is 0.385 e. The minimum absolute atomic E-state index is 0.346. The predicted octanol–water partition coefficient (Wildman–Crippen LogP) is -0.558. The number of primary amides is 1. The second kappa shape index (κ2) is 3.92. The summed E-state index contributed by atoms with van der Waals surface area (Å²) in [6.45, 7) is 0. The number of aliphatic hydroxyl groups excluding tert-OH is 2. The average molecular weight is 221 g/mol. The number of aliphatic hydroxyl groups is 2. The molecule has 5 N–H and O–H groups in total. The molecule has 84 valence electrons. The zero-order chi connectivity index (χ0) is 11.7. The second-order valence-electron chi connectivity index (χ2n) is 3.48. The van der Waals surface area contributed by atoms with Crippen LogP contribution in [-0.2, 0) is 4.79 Å². The Labute approximate surface area is 90.7 Å². The first-order valence-electron chi connectivity index (χ1n) is 4.68. The molecule has 0 radical (unpaired) electrons. The molecule has 1 amide bonds. The molecule has 0 aliphatic heterocycles. The number of nitrogens with two attached hydrogens (primary N) is 1. The molecule has 6 nitrogen and oxygen atoms in total. The van der Waals surface area contributed by atoms with Crippen molar-refractivity contribution in [2.45, 2.75) is 12.2 Å². The number of nitrogens with zero attached hydrogens (tertiary/aromatic N) is 1. The Bertz CT molecular complexity index is 523. The summed E-state index contributed by atoms with van der Waals surface area (Å²) >= 11 is 0. The standard InChI is InChI=1S/C10H11N3O3/c11-9(16)8(15)7(14)6-3-5-1-2-12-10(5)13-4-6/h1-4,7-8,14-15H,(H2,11,16)(H,12,13). The molecule has 6 heteroatoms. The third-order valence-electron chi connectivity index (χ3n) is 2.35. The predicted molar refractivity (Wildman–Crippen MR) is 56.3 cm³/mol. The van der Waals surface area contributed by atoms with Crippen molar-refractivity contribution in [3.63, 3.8) is 0 Å². The van der Waals surface area contributed by atoms with E-state index in [1.54, 1.807) is 18.3 Å². The first-order valence-corrected chi connectivity index (χ1v) is 4.68. The topological polar surface area (TPSA) is 112 Å². The average Bonchev–Trinajstić information content (AvgIpc) is 2.73. The smallest absolute Gasteiger partial charge is 0.249 e. The number of pyridine rings is 1. The van der Waals surface area contributed by atoms with Gasteiger partial charge >= 0.3 is 0 Å². The molecule has 2 aromatic rings. The van der Waals surface area contributed by atoms with Crippen molar-refractivity contribution in [3.05, 3.63) is 30.1 Å². The lowest BCUT2D eigenvalue weighted by atomic mass is 10.1. The highest BCUT2D eigenvalue weighted by Crippen LogP contribution is 2.19. The summed E-state index contributed by atoms with van der Waals surface area (Å²) in [7, 11) is 0.